The van der Waals surface area contributed by atoms with Crippen LogP contribution >= 0.6 is 0 Å². The van der Waals surface area contributed by atoms with Gasteiger partial charge in [0.05, 0.1) is 41.2 Å². The minimum atomic E-state index is -3.03. The second-order valence-corrected chi connectivity index (χ2v) is 15.9. The molecule has 2 aliphatic heterocycles. The molecule has 1 saturated heterocycles. The number of ether oxygens (including phenoxy) is 1. The summed E-state index contributed by atoms with van der Waals surface area (Å²) in [6.07, 6.45) is 8.32. The van der Waals surface area contributed by atoms with Crippen LogP contribution in [0, 0.1) is 11.6 Å². The van der Waals surface area contributed by atoms with Crippen LogP contribution in [0.1, 0.15) is 35.1 Å². The molecule has 292 valence electrons. The molecule has 3 aromatic carbocycles. The van der Waals surface area contributed by atoms with E-state index in [0.29, 0.717) is 58.9 Å². The number of hydrogen-bond donors (Lipinski definition) is 3. The Hall–Kier alpha value is -5.87. The maximum absolute atomic E-state index is 14.4. The number of aryl methyl sites for hydroxylation is 1. The van der Waals surface area contributed by atoms with Crippen molar-refractivity contribution in [3.05, 3.63) is 95.5 Å². The van der Waals surface area contributed by atoms with Crippen LogP contribution in [0.3, 0.4) is 0 Å². The van der Waals surface area contributed by atoms with Crippen molar-refractivity contribution in [3.8, 4) is 34.1 Å². The number of rotatable bonds is 12. The summed E-state index contributed by atoms with van der Waals surface area (Å²) in [7, 11) is -1.42. The lowest BCUT2D eigenvalue weighted by Crippen LogP contribution is -2.47. The number of carbonyl (C=O) groups excluding carboxylic acids is 1. The summed E-state index contributed by atoms with van der Waals surface area (Å²) in [4.78, 5) is 32.1. The van der Waals surface area contributed by atoms with Gasteiger partial charge in [-0.3, -0.25) is 9.69 Å². The number of phenols is 1. The van der Waals surface area contributed by atoms with Crippen LogP contribution in [-0.4, -0.2) is 95.7 Å². The highest BCUT2D eigenvalue weighted by Crippen LogP contribution is 2.38. The SMILES string of the molecule is CCc1cc(Nc2nccc(-c3c(-c4ccc(O)c(C(=O)Nc5c(F)cccc5F)c4)nc4n3CCC=C4)n2)c(OC)cc1N1CCN(CCS(C)(=O)=O)CC1. The van der Waals surface area contributed by atoms with E-state index in [2.05, 4.69) is 32.3 Å². The summed E-state index contributed by atoms with van der Waals surface area (Å²) in [5.74, 6) is -1.45. The number of allylic oxidation sites excluding steroid dienone is 1. The summed E-state index contributed by atoms with van der Waals surface area (Å²) in [6.45, 7) is 6.23. The summed E-state index contributed by atoms with van der Waals surface area (Å²) < 4.78 is 60.0. The number of para-hydroxylation sites is 1. The van der Waals surface area contributed by atoms with Crippen molar-refractivity contribution >= 4 is 44.8 Å². The van der Waals surface area contributed by atoms with Gasteiger partial charge in [0, 0.05) is 69.0 Å². The van der Waals surface area contributed by atoms with Gasteiger partial charge in [-0.1, -0.05) is 19.1 Å². The fraction of sp³-hybridized carbons (Fsp3) is 0.300. The molecular weight excluding hydrogens is 743 g/mol. The van der Waals surface area contributed by atoms with Crippen molar-refractivity contribution in [2.45, 2.75) is 26.3 Å². The molecule has 5 aromatic rings. The number of sulfone groups is 1. The van der Waals surface area contributed by atoms with Crippen LogP contribution in [0.5, 0.6) is 11.5 Å². The summed E-state index contributed by atoms with van der Waals surface area (Å²) in [5.41, 5.74) is 4.16. The van der Waals surface area contributed by atoms with Crippen LogP contribution in [0.25, 0.3) is 28.7 Å². The third-order valence-electron chi connectivity index (χ3n) is 9.92. The van der Waals surface area contributed by atoms with Gasteiger partial charge >= 0.3 is 0 Å². The van der Waals surface area contributed by atoms with E-state index < -0.39 is 33.1 Å². The highest BCUT2D eigenvalue weighted by atomic mass is 32.2. The minimum Gasteiger partial charge on any atom is -0.507 e. The number of halogens is 2. The molecule has 13 nitrogen and oxygen atoms in total. The molecule has 7 rings (SSSR count). The lowest BCUT2D eigenvalue weighted by molar-refractivity contribution is 0.102. The average Bonchev–Trinajstić information content (AvgIpc) is 3.58. The van der Waals surface area contributed by atoms with Gasteiger partial charge in [-0.25, -0.2) is 32.2 Å². The predicted molar refractivity (Wildman–Crippen MR) is 212 cm³/mol. The fourth-order valence-corrected chi connectivity index (χ4v) is 7.57. The van der Waals surface area contributed by atoms with E-state index in [1.807, 2.05) is 28.9 Å². The molecule has 56 heavy (non-hydrogen) atoms. The Morgan fingerprint density at radius 2 is 1.77 bits per heavy atom. The number of piperazine rings is 1. The maximum atomic E-state index is 14.4. The second-order valence-electron chi connectivity index (χ2n) is 13.7. The number of methoxy groups -OCH3 is 1. The zero-order valence-corrected chi connectivity index (χ0v) is 32.0. The van der Waals surface area contributed by atoms with Gasteiger partial charge in [-0.2, -0.15) is 0 Å². The minimum absolute atomic E-state index is 0.144. The van der Waals surface area contributed by atoms with Gasteiger partial charge in [-0.15, -0.1) is 0 Å². The molecule has 0 unspecified atom stereocenters. The summed E-state index contributed by atoms with van der Waals surface area (Å²) in [5, 5.41) is 16.3. The lowest BCUT2D eigenvalue weighted by Gasteiger charge is -2.37. The fourth-order valence-electron chi connectivity index (χ4n) is 6.98. The largest absolute Gasteiger partial charge is 0.507 e. The van der Waals surface area contributed by atoms with Gasteiger partial charge in [0.2, 0.25) is 5.95 Å². The first-order valence-corrected chi connectivity index (χ1v) is 20.3. The number of fused-ring (bicyclic) bond motifs is 1. The molecule has 2 aliphatic rings. The zero-order chi connectivity index (χ0) is 39.6. The van der Waals surface area contributed by atoms with Gasteiger partial charge in [0.25, 0.3) is 5.91 Å². The van der Waals surface area contributed by atoms with Crippen molar-refractivity contribution in [3.63, 3.8) is 0 Å². The maximum Gasteiger partial charge on any atom is 0.259 e. The van der Waals surface area contributed by atoms with Crippen molar-refractivity contribution in [1.82, 2.24) is 24.4 Å². The number of benzene rings is 3. The molecule has 2 aromatic heterocycles. The van der Waals surface area contributed by atoms with Gasteiger partial charge in [0.1, 0.15) is 44.5 Å². The Morgan fingerprint density at radius 1 is 1.00 bits per heavy atom. The van der Waals surface area contributed by atoms with Crippen LogP contribution in [-0.2, 0) is 22.8 Å². The quantitative estimate of drug-likeness (QED) is 0.134. The molecule has 1 fully saturated rings. The Kier molecular flexibility index (Phi) is 11.0. The molecular formula is C40H42F2N8O5S. The van der Waals surface area contributed by atoms with Gasteiger partial charge in [-0.05, 0) is 66.9 Å². The number of imidazole rings is 1. The number of carbonyl (C=O) groups is 1. The van der Waals surface area contributed by atoms with E-state index in [9.17, 15) is 27.1 Å². The molecule has 0 spiro atoms. The number of amides is 1. The monoisotopic (exact) mass is 784 g/mol. The molecule has 0 bridgehead atoms. The normalized spacial score (nSPS) is 14.4. The van der Waals surface area contributed by atoms with Crippen LogP contribution in [0.4, 0.5) is 31.8 Å². The van der Waals surface area contributed by atoms with Crippen molar-refractivity contribution in [2.75, 3.05) is 67.4 Å². The first-order chi connectivity index (χ1) is 26.9. The number of nitrogens with zero attached hydrogens (tertiary/aromatic N) is 6. The summed E-state index contributed by atoms with van der Waals surface area (Å²) >= 11 is 0. The first kappa shape index (κ1) is 38.4. The highest BCUT2D eigenvalue weighted by Gasteiger charge is 2.25. The molecule has 4 heterocycles. The Labute approximate surface area is 323 Å². The second kappa shape index (κ2) is 16.1. The van der Waals surface area contributed by atoms with Crippen molar-refractivity contribution in [1.29, 1.82) is 0 Å². The third kappa shape index (κ3) is 8.21. The van der Waals surface area contributed by atoms with Crippen LogP contribution in [0.2, 0.25) is 0 Å². The van der Waals surface area contributed by atoms with E-state index in [0.717, 1.165) is 62.4 Å². The first-order valence-electron chi connectivity index (χ1n) is 18.2. The van der Waals surface area contributed by atoms with E-state index in [4.69, 9.17) is 14.7 Å². The topological polar surface area (TPSA) is 155 Å². The molecule has 1 amide bonds. The Bertz CT molecular complexity index is 2410. The molecule has 0 radical (unpaired) electrons. The molecule has 16 heteroatoms. The van der Waals surface area contributed by atoms with Gasteiger partial charge < -0.3 is 29.9 Å². The van der Waals surface area contributed by atoms with Crippen LogP contribution in [0.15, 0.2) is 66.9 Å². The van der Waals surface area contributed by atoms with Crippen LogP contribution < -0.4 is 20.3 Å². The Morgan fingerprint density at radius 3 is 2.48 bits per heavy atom. The number of nitrogens with one attached hydrogen (secondary N) is 2. The zero-order valence-electron chi connectivity index (χ0n) is 31.2. The standard InChI is InChI=1S/C40H42F2N8O5S/c1-4-25-23-31(34(55-2)24-32(25)49-18-16-48(17-19-49)20-21-56(3,53)54)45-40-43-14-13-30(44-40)38-36(46-35-10-5-6-15-50(35)38)26-11-12-33(51)27(22-26)39(52)47-37-28(41)8-7-9-29(37)42/h5,7-14,22-24,51H,4,6,15-21H2,1-3H3,(H,47,52)(H,43,44,45). The number of anilines is 4. The number of aromatic hydroxyl groups is 1. The van der Waals surface area contributed by atoms with E-state index >= 15 is 0 Å². The number of phenolic OH excluding ortho intramolecular Hbond substituents is 1. The number of aromatic nitrogens is 4. The summed E-state index contributed by atoms with van der Waals surface area (Å²) in [6, 6.07) is 13.4. The van der Waals surface area contributed by atoms with Gasteiger partial charge in [0.15, 0.2) is 0 Å². The molecule has 0 aliphatic carbocycles. The molecule has 3 N–H and O–H groups in total. The third-order valence-corrected chi connectivity index (χ3v) is 10.8. The average molecular weight is 785 g/mol. The molecule has 0 saturated carbocycles. The van der Waals surface area contributed by atoms with Crippen molar-refractivity contribution < 1.29 is 31.8 Å². The highest BCUT2D eigenvalue weighted by molar-refractivity contribution is 7.90. The van der Waals surface area contributed by atoms with E-state index in [1.54, 1.807) is 25.4 Å². The lowest BCUT2D eigenvalue weighted by atomic mass is 10.0. The smallest absolute Gasteiger partial charge is 0.259 e. The molecule has 0 atom stereocenters. The Balaban J connectivity index is 1.18. The predicted octanol–water partition coefficient (Wildman–Crippen LogP) is 6.14. The number of hydrogen-bond acceptors (Lipinski definition) is 11. The van der Waals surface area contributed by atoms with E-state index in [1.165, 1.54) is 24.5 Å². The van der Waals surface area contributed by atoms with Crippen molar-refractivity contribution in [2.24, 2.45) is 0 Å². The van der Waals surface area contributed by atoms with E-state index in [-0.39, 0.29) is 17.1 Å².